The Kier molecular flexibility index (Phi) is 3.39. The van der Waals surface area contributed by atoms with Gasteiger partial charge in [0.2, 0.25) is 0 Å². The van der Waals surface area contributed by atoms with E-state index < -0.39 is 5.82 Å². The van der Waals surface area contributed by atoms with E-state index in [4.69, 9.17) is 10.5 Å². The molecule has 1 unspecified atom stereocenters. The zero-order chi connectivity index (χ0) is 12.3. The fraction of sp³-hybridized carbons (Fsp3) is 0.250. The van der Waals surface area contributed by atoms with Gasteiger partial charge in [-0.25, -0.2) is 4.39 Å². The van der Waals surface area contributed by atoms with Gasteiger partial charge in [0.1, 0.15) is 6.10 Å². The Balaban J connectivity index is 2.18. The monoisotopic (exact) mass is 235 g/mol. The topological polar surface area (TPSA) is 53.1 Å². The van der Waals surface area contributed by atoms with Gasteiger partial charge in [0, 0.05) is 25.4 Å². The standard InChI is InChI=1S/C12H14FN3O/c1-16-8-9(7-15-16)12(6-14)17-11-5-3-2-4-10(11)13/h2-5,7-8,12H,6,14H2,1H3. The number of aryl methyl sites for hydroxylation is 1. The third kappa shape index (κ3) is 2.62. The summed E-state index contributed by atoms with van der Waals surface area (Å²) in [6, 6.07) is 6.26. The van der Waals surface area contributed by atoms with E-state index in [1.165, 1.54) is 6.07 Å². The van der Waals surface area contributed by atoms with Crippen LogP contribution < -0.4 is 10.5 Å². The molecule has 1 aromatic carbocycles. The Morgan fingerprint density at radius 3 is 2.82 bits per heavy atom. The van der Waals surface area contributed by atoms with Crippen molar-refractivity contribution in [1.82, 2.24) is 9.78 Å². The molecule has 0 amide bonds. The van der Waals surface area contributed by atoms with Gasteiger partial charge in [0.15, 0.2) is 11.6 Å². The maximum atomic E-state index is 13.4. The van der Waals surface area contributed by atoms with Crippen LogP contribution in [0.15, 0.2) is 36.7 Å². The van der Waals surface area contributed by atoms with Crippen molar-refractivity contribution in [3.05, 3.63) is 48.0 Å². The van der Waals surface area contributed by atoms with Crippen LogP contribution in [0.4, 0.5) is 4.39 Å². The Labute approximate surface area is 98.8 Å². The minimum Gasteiger partial charge on any atom is -0.481 e. The Bertz CT molecular complexity index is 498. The molecule has 1 heterocycles. The van der Waals surface area contributed by atoms with E-state index in [0.29, 0.717) is 0 Å². The normalized spacial score (nSPS) is 12.4. The van der Waals surface area contributed by atoms with Crippen LogP contribution in [-0.2, 0) is 7.05 Å². The van der Waals surface area contributed by atoms with E-state index in [1.807, 2.05) is 0 Å². The molecule has 90 valence electrons. The maximum Gasteiger partial charge on any atom is 0.165 e. The number of para-hydroxylation sites is 1. The van der Waals surface area contributed by atoms with Crippen LogP contribution in [0, 0.1) is 5.82 Å². The van der Waals surface area contributed by atoms with Crippen molar-refractivity contribution >= 4 is 0 Å². The summed E-state index contributed by atoms with van der Waals surface area (Å²) in [5.41, 5.74) is 6.46. The number of ether oxygens (including phenoxy) is 1. The van der Waals surface area contributed by atoms with Gasteiger partial charge in [-0.05, 0) is 12.1 Å². The molecule has 1 atom stereocenters. The molecule has 5 heteroatoms. The summed E-state index contributed by atoms with van der Waals surface area (Å²) in [6.07, 6.45) is 3.08. The minimum atomic E-state index is -0.394. The zero-order valence-electron chi connectivity index (χ0n) is 9.51. The van der Waals surface area contributed by atoms with Crippen LogP contribution in [0.1, 0.15) is 11.7 Å². The summed E-state index contributed by atoms with van der Waals surface area (Å²) in [7, 11) is 1.81. The van der Waals surface area contributed by atoms with E-state index in [2.05, 4.69) is 5.10 Å². The second-order valence-electron chi connectivity index (χ2n) is 3.72. The van der Waals surface area contributed by atoms with E-state index in [1.54, 1.807) is 42.3 Å². The fourth-order valence-corrected chi connectivity index (χ4v) is 1.55. The number of rotatable bonds is 4. The predicted octanol–water partition coefficient (Wildman–Crippen LogP) is 1.64. The Morgan fingerprint density at radius 1 is 1.47 bits per heavy atom. The number of benzene rings is 1. The van der Waals surface area contributed by atoms with Crippen LogP contribution in [-0.4, -0.2) is 16.3 Å². The van der Waals surface area contributed by atoms with Gasteiger partial charge in [0.25, 0.3) is 0 Å². The molecule has 2 aromatic rings. The zero-order valence-corrected chi connectivity index (χ0v) is 9.51. The van der Waals surface area contributed by atoms with Gasteiger partial charge in [0.05, 0.1) is 6.20 Å². The van der Waals surface area contributed by atoms with Gasteiger partial charge in [-0.1, -0.05) is 12.1 Å². The lowest BCUT2D eigenvalue weighted by Crippen LogP contribution is -2.18. The average Bonchev–Trinajstić information content (AvgIpc) is 2.75. The van der Waals surface area contributed by atoms with Crippen LogP contribution in [0.2, 0.25) is 0 Å². The first-order valence-corrected chi connectivity index (χ1v) is 5.30. The fourth-order valence-electron chi connectivity index (χ4n) is 1.55. The molecule has 1 aromatic heterocycles. The molecule has 2 N–H and O–H groups in total. The van der Waals surface area contributed by atoms with Gasteiger partial charge >= 0.3 is 0 Å². The quantitative estimate of drug-likeness (QED) is 0.876. The number of halogens is 1. The first-order chi connectivity index (χ1) is 8.20. The lowest BCUT2D eigenvalue weighted by atomic mass is 10.2. The summed E-state index contributed by atoms with van der Waals surface area (Å²) in [5, 5.41) is 4.04. The van der Waals surface area contributed by atoms with E-state index in [9.17, 15) is 4.39 Å². The highest BCUT2D eigenvalue weighted by Crippen LogP contribution is 2.23. The number of hydrogen-bond donors (Lipinski definition) is 1. The minimum absolute atomic E-state index is 0.201. The van der Waals surface area contributed by atoms with E-state index in [-0.39, 0.29) is 18.4 Å². The molecule has 0 saturated heterocycles. The largest absolute Gasteiger partial charge is 0.481 e. The molecule has 4 nitrogen and oxygen atoms in total. The highest BCUT2D eigenvalue weighted by molar-refractivity contribution is 5.25. The smallest absolute Gasteiger partial charge is 0.165 e. The lowest BCUT2D eigenvalue weighted by Gasteiger charge is -2.16. The summed E-state index contributed by atoms with van der Waals surface area (Å²) in [4.78, 5) is 0. The molecule has 17 heavy (non-hydrogen) atoms. The molecule has 0 fully saturated rings. The average molecular weight is 235 g/mol. The van der Waals surface area contributed by atoms with Gasteiger partial charge in [-0.3, -0.25) is 4.68 Å². The Hall–Kier alpha value is -1.88. The van der Waals surface area contributed by atoms with Crippen LogP contribution >= 0.6 is 0 Å². The molecular weight excluding hydrogens is 221 g/mol. The molecule has 0 bridgehead atoms. The van der Waals surface area contributed by atoms with E-state index in [0.717, 1.165) is 5.56 Å². The molecular formula is C12H14FN3O. The molecule has 0 saturated carbocycles. The SMILES string of the molecule is Cn1cc(C(CN)Oc2ccccc2F)cn1. The van der Waals surface area contributed by atoms with Crippen LogP contribution in [0.3, 0.4) is 0 Å². The van der Waals surface area contributed by atoms with Gasteiger partial charge in [-0.2, -0.15) is 5.10 Å². The third-order valence-corrected chi connectivity index (χ3v) is 2.42. The summed E-state index contributed by atoms with van der Waals surface area (Å²) < 4.78 is 20.6. The van der Waals surface area contributed by atoms with Gasteiger partial charge < -0.3 is 10.5 Å². The van der Waals surface area contributed by atoms with Crippen LogP contribution in [0.5, 0.6) is 5.75 Å². The predicted molar refractivity (Wildman–Crippen MR) is 62.0 cm³/mol. The van der Waals surface area contributed by atoms with Crippen LogP contribution in [0.25, 0.3) is 0 Å². The summed E-state index contributed by atoms with van der Waals surface area (Å²) in [6.45, 7) is 0.264. The molecule has 0 radical (unpaired) electrons. The number of aromatic nitrogens is 2. The molecule has 0 aliphatic carbocycles. The molecule has 0 aliphatic rings. The second kappa shape index (κ2) is 4.97. The highest BCUT2D eigenvalue weighted by Gasteiger charge is 2.15. The molecule has 2 rings (SSSR count). The maximum absolute atomic E-state index is 13.4. The van der Waals surface area contributed by atoms with Crippen molar-refractivity contribution < 1.29 is 9.13 Å². The third-order valence-electron chi connectivity index (χ3n) is 2.42. The van der Waals surface area contributed by atoms with Crippen molar-refractivity contribution in [3.8, 4) is 5.75 Å². The van der Waals surface area contributed by atoms with Crippen molar-refractivity contribution in [3.63, 3.8) is 0 Å². The highest BCUT2D eigenvalue weighted by atomic mass is 19.1. The van der Waals surface area contributed by atoms with Crippen molar-refractivity contribution in [2.24, 2.45) is 12.8 Å². The molecule has 0 spiro atoms. The second-order valence-corrected chi connectivity index (χ2v) is 3.72. The number of nitrogens with zero attached hydrogens (tertiary/aromatic N) is 2. The summed E-state index contributed by atoms with van der Waals surface area (Å²) >= 11 is 0. The van der Waals surface area contributed by atoms with Crippen molar-refractivity contribution in [2.75, 3.05) is 6.54 Å². The Morgan fingerprint density at radius 2 is 2.24 bits per heavy atom. The van der Waals surface area contributed by atoms with Crippen molar-refractivity contribution in [2.45, 2.75) is 6.10 Å². The molecule has 0 aliphatic heterocycles. The first kappa shape index (κ1) is 11.6. The first-order valence-electron chi connectivity index (χ1n) is 5.30. The van der Waals surface area contributed by atoms with Crippen molar-refractivity contribution in [1.29, 1.82) is 0 Å². The van der Waals surface area contributed by atoms with Gasteiger partial charge in [-0.15, -0.1) is 0 Å². The number of hydrogen-bond acceptors (Lipinski definition) is 3. The summed E-state index contributed by atoms with van der Waals surface area (Å²) in [5.74, 6) is -0.193. The number of nitrogens with two attached hydrogens (primary N) is 1. The van der Waals surface area contributed by atoms with E-state index >= 15 is 0 Å². The lowest BCUT2D eigenvalue weighted by molar-refractivity contribution is 0.204.